The van der Waals surface area contributed by atoms with Crippen LogP contribution in [0.5, 0.6) is 0 Å². The van der Waals surface area contributed by atoms with E-state index in [2.05, 4.69) is 44.8 Å². The Bertz CT molecular complexity index is 241. The molecule has 100 valence electrons. The Balaban J connectivity index is 2.64. The molecule has 1 amide bonds. The topological polar surface area (TPSA) is 32.3 Å². The second kappa shape index (κ2) is 6.39. The number of nitrogens with one attached hydrogen (secondary N) is 1. The van der Waals surface area contributed by atoms with E-state index in [1.54, 1.807) is 0 Å². The number of carbonyl (C=O) groups is 1. The molecule has 1 heterocycles. The van der Waals surface area contributed by atoms with E-state index in [1.807, 2.05) is 0 Å². The molecule has 0 aromatic heterocycles. The Morgan fingerprint density at radius 2 is 1.71 bits per heavy atom. The lowest BCUT2D eigenvalue weighted by Crippen LogP contribution is -2.42. The largest absolute Gasteiger partial charge is 0.342 e. The maximum absolute atomic E-state index is 12.5. The van der Waals surface area contributed by atoms with Crippen LogP contribution >= 0.6 is 0 Å². The molecule has 2 atom stereocenters. The normalized spacial score (nSPS) is 24.6. The van der Waals surface area contributed by atoms with E-state index in [4.69, 9.17) is 0 Å². The lowest BCUT2D eigenvalue weighted by atomic mass is 9.95. The van der Waals surface area contributed by atoms with Gasteiger partial charge in [-0.25, -0.2) is 0 Å². The molecular weight excluding hydrogens is 212 g/mol. The van der Waals surface area contributed by atoms with Crippen molar-refractivity contribution < 1.29 is 4.79 Å². The Kier molecular flexibility index (Phi) is 5.44. The second-order valence-corrected chi connectivity index (χ2v) is 6.27. The zero-order valence-electron chi connectivity index (χ0n) is 12.0. The smallest absolute Gasteiger partial charge is 0.227 e. The maximum Gasteiger partial charge on any atom is 0.227 e. The molecular formula is C14H28N2O. The predicted octanol–water partition coefficient (Wildman–Crippen LogP) is 1.98. The number of hydrogen-bond acceptors (Lipinski definition) is 2. The van der Waals surface area contributed by atoms with Gasteiger partial charge in [0.05, 0.1) is 5.92 Å². The molecule has 0 bridgehead atoms. The molecule has 1 saturated heterocycles. The average molecular weight is 240 g/mol. The summed E-state index contributed by atoms with van der Waals surface area (Å²) in [6, 6.07) is 0. The van der Waals surface area contributed by atoms with Gasteiger partial charge in [0.15, 0.2) is 0 Å². The fourth-order valence-electron chi connectivity index (χ4n) is 2.51. The van der Waals surface area contributed by atoms with E-state index >= 15 is 0 Å². The monoisotopic (exact) mass is 240 g/mol. The molecule has 1 fully saturated rings. The first-order valence-corrected chi connectivity index (χ1v) is 6.91. The Labute approximate surface area is 106 Å². The third kappa shape index (κ3) is 4.30. The van der Waals surface area contributed by atoms with Crippen molar-refractivity contribution in [2.45, 2.75) is 34.6 Å². The van der Waals surface area contributed by atoms with E-state index in [1.165, 1.54) is 0 Å². The van der Waals surface area contributed by atoms with Gasteiger partial charge in [0.2, 0.25) is 5.91 Å². The second-order valence-electron chi connectivity index (χ2n) is 6.27. The van der Waals surface area contributed by atoms with Crippen LogP contribution in [-0.4, -0.2) is 37.0 Å². The standard InChI is InChI=1S/C14H28N2O/c1-10(2)8-16(9-11(3)4)14(17)13-7-15-6-12(13)5/h10-13,15H,6-9H2,1-5H3/t12-,13-/m1/s1. The van der Waals surface area contributed by atoms with Gasteiger partial charge in [0.25, 0.3) is 0 Å². The van der Waals surface area contributed by atoms with Crippen LogP contribution in [-0.2, 0) is 4.79 Å². The fraction of sp³-hybridized carbons (Fsp3) is 0.929. The number of rotatable bonds is 5. The molecule has 0 aromatic carbocycles. The van der Waals surface area contributed by atoms with E-state index in [9.17, 15) is 4.79 Å². The van der Waals surface area contributed by atoms with E-state index < -0.39 is 0 Å². The zero-order valence-corrected chi connectivity index (χ0v) is 12.0. The zero-order chi connectivity index (χ0) is 13.0. The molecule has 1 aliphatic rings. The molecule has 1 aliphatic heterocycles. The lowest BCUT2D eigenvalue weighted by Gasteiger charge is -2.30. The van der Waals surface area contributed by atoms with Gasteiger partial charge in [-0.1, -0.05) is 34.6 Å². The van der Waals surface area contributed by atoms with Crippen LogP contribution < -0.4 is 5.32 Å². The van der Waals surface area contributed by atoms with Crippen molar-refractivity contribution in [3.8, 4) is 0 Å². The molecule has 3 nitrogen and oxygen atoms in total. The van der Waals surface area contributed by atoms with Gasteiger partial charge in [0, 0.05) is 19.6 Å². The first kappa shape index (κ1) is 14.5. The maximum atomic E-state index is 12.5. The Hall–Kier alpha value is -0.570. The van der Waals surface area contributed by atoms with Gasteiger partial charge in [-0.15, -0.1) is 0 Å². The number of amides is 1. The summed E-state index contributed by atoms with van der Waals surface area (Å²) in [6.45, 7) is 14.5. The highest BCUT2D eigenvalue weighted by atomic mass is 16.2. The van der Waals surface area contributed by atoms with E-state index in [-0.39, 0.29) is 5.92 Å². The molecule has 0 radical (unpaired) electrons. The van der Waals surface area contributed by atoms with Crippen molar-refractivity contribution in [3.63, 3.8) is 0 Å². The van der Waals surface area contributed by atoms with Crippen LogP contribution in [0.1, 0.15) is 34.6 Å². The van der Waals surface area contributed by atoms with Gasteiger partial charge in [0.1, 0.15) is 0 Å². The number of carbonyl (C=O) groups excluding carboxylic acids is 1. The molecule has 1 N–H and O–H groups in total. The van der Waals surface area contributed by atoms with Gasteiger partial charge in [-0.05, 0) is 24.3 Å². The summed E-state index contributed by atoms with van der Waals surface area (Å²) in [5, 5.41) is 3.32. The molecule has 0 unspecified atom stereocenters. The van der Waals surface area contributed by atoms with Crippen molar-refractivity contribution in [1.82, 2.24) is 10.2 Å². The highest BCUT2D eigenvalue weighted by Gasteiger charge is 2.32. The summed E-state index contributed by atoms with van der Waals surface area (Å²) in [5.74, 6) is 2.10. The molecule has 0 saturated carbocycles. The van der Waals surface area contributed by atoms with Crippen molar-refractivity contribution in [2.24, 2.45) is 23.7 Å². The quantitative estimate of drug-likeness (QED) is 0.797. The Morgan fingerprint density at radius 3 is 2.06 bits per heavy atom. The fourth-order valence-corrected chi connectivity index (χ4v) is 2.51. The molecule has 0 aromatic rings. The molecule has 0 spiro atoms. The van der Waals surface area contributed by atoms with Crippen molar-refractivity contribution in [2.75, 3.05) is 26.2 Å². The summed E-state index contributed by atoms with van der Waals surface area (Å²) in [6.07, 6.45) is 0. The summed E-state index contributed by atoms with van der Waals surface area (Å²) >= 11 is 0. The van der Waals surface area contributed by atoms with Crippen molar-refractivity contribution in [1.29, 1.82) is 0 Å². The average Bonchev–Trinajstić information content (AvgIpc) is 2.61. The minimum Gasteiger partial charge on any atom is -0.342 e. The SMILES string of the molecule is CC(C)CN(CC(C)C)C(=O)[C@@H]1CNC[C@H]1C. The van der Waals surface area contributed by atoms with Crippen LogP contribution in [0.2, 0.25) is 0 Å². The summed E-state index contributed by atoms with van der Waals surface area (Å²) in [7, 11) is 0. The van der Waals surface area contributed by atoms with Crippen LogP contribution in [0, 0.1) is 23.7 Å². The minimum absolute atomic E-state index is 0.187. The predicted molar refractivity (Wildman–Crippen MR) is 71.8 cm³/mol. The van der Waals surface area contributed by atoms with Crippen LogP contribution in [0.15, 0.2) is 0 Å². The van der Waals surface area contributed by atoms with Crippen LogP contribution in [0.25, 0.3) is 0 Å². The first-order valence-electron chi connectivity index (χ1n) is 6.91. The molecule has 17 heavy (non-hydrogen) atoms. The van der Waals surface area contributed by atoms with Crippen LogP contribution in [0.4, 0.5) is 0 Å². The third-order valence-electron chi connectivity index (χ3n) is 3.32. The van der Waals surface area contributed by atoms with Gasteiger partial charge < -0.3 is 10.2 Å². The third-order valence-corrected chi connectivity index (χ3v) is 3.32. The number of hydrogen-bond donors (Lipinski definition) is 1. The van der Waals surface area contributed by atoms with Gasteiger partial charge in [-0.2, -0.15) is 0 Å². The van der Waals surface area contributed by atoms with Gasteiger partial charge in [-0.3, -0.25) is 4.79 Å². The van der Waals surface area contributed by atoms with E-state index in [0.717, 1.165) is 26.2 Å². The van der Waals surface area contributed by atoms with Crippen LogP contribution in [0.3, 0.4) is 0 Å². The highest BCUT2D eigenvalue weighted by molar-refractivity contribution is 5.79. The van der Waals surface area contributed by atoms with Gasteiger partial charge >= 0.3 is 0 Å². The Morgan fingerprint density at radius 1 is 1.18 bits per heavy atom. The number of nitrogens with zero attached hydrogens (tertiary/aromatic N) is 1. The molecule has 0 aliphatic carbocycles. The first-order chi connectivity index (χ1) is 7.91. The van der Waals surface area contributed by atoms with Crippen molar-refractivity contribution >= 4 is 5.91 Å². The summed E-state index contributed by atoms with van der Waals surface area (Å²) in [4.78, 5) is 14.6. The summed E-state index contributed by atoms with van der Waals surface area (Å²) < 4.78 is 0. The lowest BCUT2D eigenvalue weighted by molar-refractivity contribution is -0.137. The highest BCUT2D eigenvalue weighted by Crippen LogP contribution is 2.20. The minimum atomic E-state index is 0.187. The molecule has 3 heteroatoms. The summed E-state index contributed by atoms with van der Waals surface area (Å²) in [5.41, 5.74) is 0. The molecule has 1 rings (SSSR count). The van der Waals surface area contributed by atoms with Crippen molar-refractivity contribution in [3.05, 3.63) is 0 Å². The van der Waals surface area contributed by atoms with E-state index in [0.29, 0.717) is 23.7 Å².